The molecule has 0 bridgehead atoms. The number of hydrogen-bond donors (Lipinski definition) is 1. The molecule has 0 saturated carbocycles. The number of pyridine rings is 3. The number of dihydropyridines is 1. The number of allylic oxidation sites excluding steroid dienone is 3. The molecular formula is C54H45N5. The second-order valence-electron chi connectivity index (χ2n) is 13.8. The van der Waals surface area contributed by atoms with E-state index in [0.29, 0.717) is 0 Å². The standard InChI is InChI=1S/C43H27N3.C5H7N.C4H6.C2H5N/c1-2-21-46-41(10-1)31-7-3-6-30(22-31)37-15-11-28-14-18-40-38(16-12-29-13-17-39(37)42(28)43(29)40)36-24-34(32-8-4-19-44-26-32)23-35(25-36)33-9-5-20-45-27-33;1-2-4-6-5-3-1;1-3-4-2;1-2-3/h1-27H;1-2,4H,3,5H2;3-4H,1-2H2;2-3H,1H3. The summed E-state index contributed by atoms with van der Waals surface area (Å²) in [6.07, 6.45) is 20.9. The van der Waals surface area contributed by atoms with E-state index in [-0.39, 0.29) is 0 Å². The minimum absolute atomic E-state index is 0.978. The van der Waals surface area contributed by atoms with Gasteiger partial charge >= 0.3 is 0 Å². The van der Waals surface area contributed by atoms with Gasteiger partial charge in [-0.05, 0) is 140 Å². The Kier molecular flexibility index (Phi) is 13.1. The molecule has 5 nitrogen and oxygen atoms in total. The van der Waals surface area contributed by atoms with Crippen LogP contribution in [-0.2, 0) is 0 Å². The monoisotopic (exact) mass is 763 g/mol. The highest BCUT2D eigenvalue weighted by Gasteiger charge is 2.16. The van der Waals surface area contributed by atoms with Crippen LogP contribution < -0.4 is 0 Å². The number of benzene rings is 6. The topological polar surface area (TPSA) is 74.9 Å². The van der Waals surface area contributed by atoms with Crippen LogP contribution in [0.5, 0.6) is 0 Å². The van der Waals surface area contributed by atoms with Crippen LogP contribution in [0, 0.1) is 5.41 Å². The summed E-state index contributed by atoms with van der Waals surface area (Å²) in [5.41, 5.74) is 11.3. The lowest BCUT2D eigenvalue weighted by Crippen LogP contribution is -1.91. The van der Waals surface area contributed by atoms with Crippen molar-refractivity contribution in [3.63, 3.8) is 0 Å². The summed E-state index contributed by atoms with van der Waals surface area (Å²) in [5, 5.41) is 13.7. The maximum atomic E-state index is 6.08. The van der Waals surface area contributed by atoms with Crippen molar-refractivity contribution in [3.05, 3.63) is 202 Å². The number of aromatic nitrogens is 3. The fourth-order valence-electron chi connectivity index (χ4n) is 7.31. The molecule has 4 heterocycles. The van der Waals surface area contributed by atoms with E-state index in [0.717, 1.165) is 46.5 Å². The van der Waals surface area contributed by atoms with E-state index in [9.17, 15) is 0 Å². The molecule has 6 aromatic carbocycles. The van der Waals surface area contributed by atoms with Crippen LogP contribution in [0.15, 0.2) is 207 Å². The first kappa shape index (κ1) is 39.6. The van der Waals surface area contributed by atoms with Crippen molar-refractivity contribution < 1.29 is 0 Å². The van der Waals surface area contributed by atoms with Gasteiger partial charge in [0.1, 0.15) is 0 Å². The number of aliphatic imine (C=N–C) groups is 1. The summed E-state index contributed by atoms with van der Waals surface area (Å²) in [4.78, 5) is 17.4. The lowest BCUT2D eigenvalue weighted by atomic mass is 9.86. The van der Waals surface area contributed by atoms with Crippen molar-refractivity contribution in [1.82, 2.24) is 15.0 Å². The molecule has 1 aliphatic rings. The van der Waals surface area contributed by atoms with Gasteiger partial charge in [-0.3, -0.25) is 19.9 Å². The van der Waals surface area contributed by atoms with Crippen LogP contribution in [0.4, 0.5) is 0 Å². The highest BCUT2D eigenvalue weighted by atomic mass is 14.7. The molecule has 0 atom stereocenters. The minimum Gasteiger partial charge on any atom is -0.313 e. The summed E-state index contributed by atoms with van der Waals surface area (Å²) in [7, 11) is 0. The van der Waals surface area contributed by atoms with E-state index >= 15 is 0 Å². The van der Waals surface area contributed by atoms with Crippen molar-refractivity contribution in [2.24, 2.45) is 4.99 Å². The van der Waals surface area contributed by atoms with Gasteiger partial charge in [0.15, 0.2) is 0 Å². The predicted octanol–water partition coefficient (Wildman–Crippen LogP) is 14.1. The molecule has 0 fully saturated rings. The van der Waals surface area contributed by atoms with Gasteiger partial charge in [0, 0.05) is 60.4 Å². The summed E-state index contributed by atoms with van der Waals surface area (Å²) in [5.74, 6) is 0. The van der Waals surface area contributed by atoms with E-state index < -0.39 is 0 Å². The SMILES string of the molecule is C1=CCCN=C1.C=CC=C.CC=N.c1ccc(-c2cccc(-c3ccc4ccc5c(-c6cc(-c7cccnc7)cc(-c7cccnc7)c6)ccc6ccc3c4c65)c2)nc1. The molecule has 0 saturated heterocycles. The Morgan fingerprint density at radius 3 is 1.56 bits per heavy atom. The second-order valence-corrected chi connectivity index (χ2v) is 13.8. The highest BCUT2D eigenvalue weighted by Crippen LogP contribution is 2.43. The van der Waals surface area contributed by atoms with E-state index in [1.807, 2.05) is 67.5 Å². The van der Waals surface area contributed by atoms with Gasteiger partial charge in [-0.2, -0.15) is 0 Å². The molecule has 0 spiro atoms. The average molecular weight is 764 g/mol. The Bertz CT molecular complexity index is 2800. The molecule has 0 amide bonds. The van der Waals surface area contributed by atoms with Gasteiger partial charge in [0.25, 0.3) is 0 Å². The van der Waals surface area contributed by atoms with Gasteiger partial charge in [-0.1, -0.05) is 116 Å². The molecule has 1 N–H and O–H groups in total. The Hall–Kier alpha value is -7.63. The van der Waals surface area contributed by atoms with Crippen LogP contribution in [0.1, 0.15) is 13.3 Å². The average Bonchev–Trinajstić information content (AvgIpc) is 3.32. The van der Waals surface area contributed by atoms with Gasteiger partial charge < -0.3 is 5.41 Å². The predicted molar refractivity (Wildman–Crippen MR) is 253 cm³/mol. The summed E-state index contributed by atoms with van der Waals surface area (Å²) < 4.78 is 0. The smallest absolute Gasteiger partial charge is 0.0702 e. The molecule has 1 aliphatic heterocycles. The third-order valence-electron chi connectivity index (χ3n) is 9.95. The van der Waals surface area contributed by atoms with Crippen molar-refractivity contribution in [3.8, 4) is 55.8 Å². The van der Waals surface area contributed by atoms with E-state index in [4.69, 9.17) is 5.41 Å². The lowest BCUT2D eigenvalue weighted by molar-refractivity contribution is 1.00. The molecule has 0 radical (unpaired) electrons. The maximum absolute atomic E-state index is 6.08. The number of hydrogen-bond acceptors (Lipinski definition) is 5. The highest BCUT2D eigenvalue weighted by molar-refractivity contribution is 6.27. The van der Waals surface area contributed by atoms with E-state index in [1.165, 1.54) is 60.8 Å². The van der Waals surface area contributed by atoms with Crippen molar-refractivity contribution in [2.45, 2.75) is 13.3 Å². The zero-order chi connectivity index (χ0) is 40.8. The molecule has 0 aliphatic carbocycles. The van der Waals surface area contributed by atoms with Crippen LogP contribution in [0.25, 0.3) is 88.1 Å². The summed E-state index contributed by atoms with van der Waals surface area (Å²) in [6, 6.07) is 48.0. The van der Waals surface area contributed by atoms with Crippen LogP contribution >= 0.6 is 0 Å². The third-order valence-corrected chi connectivity index (χ3v) is 9.95. The van der Waals surface area contributed by atoms with Crippen molar-refractivity contribution in [2.75, 3.05) is 6.54 Å². The van der Waals surface area contributed by atoms with Gasteiger partial charge in [0.05, 0.1) is 5.69 Å². The minimum atomic E-state index is 0.978. The van der Waals surface area contributed by atoms with Crippen LogP contribution in [0.3, 0.4) is 0 Å². The number of nitrogens with zero attached hydrogens (tertiary/aromatic N) is 4. The first-order valence-corrected chi connectivity index (χ1v) is 19.7. The van der Waals surface area contributed by atoms with Crippen LogP contribution in [0.2, 0.25) is 0 Å². The van der Waals surface area contributed by atoms with Crippen molar-refractivity contribution in [1.29, 1.82) is 5.41 Å². The molecular weight excluding hydrogens is 719 g/mol. The largest absolute Gasteiger partial charge is 0.313 e. The Balaban J connectivity index is 0.000000354. The normalized spacial score (nSPS) is 11.4. The number of nitrogens with one attached hydrogen (secondary N) is 1. The molecule has 9 aromatic rings. The Labute approximate surface area is 346 Å². The summed E-state index contributed by atoms with van der Waals surface area (Å²) in [6.45, 7) is 9.37. The Morgan fingerprint density at radius 2 is 1.08 bits per heavy atom. The molecule has 59 heavy (non-hydrogen) atoms. The van der Waals surface area contributed by atoms with E-state index in [1.54, 1.807) is 19.1 Å². The fourth-order valence-corrected chi connectivity index (χ4v) is 7.31. The molecule has 10 rings (SSSR count). The third kappa shape index (κ3) is 9.17. The molecule has 286 valence electrons. The first-order valence-electron chi connectivity index (χ1n) is 19.7. The van der Waals surface area contributed by atoms with Crippen molar-refractivity contribution >= 4 is 44.7 Å². The molecule has 5 heteroatoms. The quantitative estimate of drug-likeness (QED) is 0.104. The van der Waals surface area contributed by atoms with Gasteiger partial charge in [0.2, 0.25) is 0 Å². The second kappa shape index (κ2) is 19.5. The first-order chi connectivity index (χ1) is 29.1. The maximum Gasteiger partial charge on any atom is 0.0702 e. The van der Waals surface area contributed by atoms with Crippen LogP contribution in [-0.4, -0.2) is 33.9 Å². The number of rotatable bonds is 6. The van der Waals surface area contributed by atoms with E-state index in [2.05, 4.69) is 148 Å². The fraction of sp³-hybridized carbons (Fsp3) is 0.0556. The molecule has 0 unspecified atom stereocenters. The van der Waals surface area contributed by atoms with Gasteiger partial charge in [-0.25, -0.2) is 0 Å². The zero-order valence-electron chi connectivity index (χ0n) is 33.2. The lowest BCUT2D eigenvalue weighted by Gasteiger charge is -2.18. The summed E-state index contributed by atoms with van der Waals surface area (Å²) >= 11 is 0. The molecule has 3 aromatic heterocycles. The Morgan fingerprint density at radius 1 is 0.542 bits per heavy atom. The van der Waals surface area contributed by atoms with Gasteiger partial charge in [-0.15, -0.1) is 0 Å². The zero-order valence-corrected chi connectivity index (χ0v) is 33.2.